The lowest BCUT2D eigenvalue weighted by molar-refractivity contribution is -0.134. The van der Waals surface area contributed by atoms with Crippen LogP contribution in [0, 0.1) is 6.07 Å². The van der Waals surface area contributed by atoms with Gasteiger partial charge >= 0.3 is 0 Å². The van der Waals surface area contributed by atoms with Crippen molar-refractivity contribution in [2.24, 2.45) is 0 Å². The zero-order valence-electron chi connectivity index (χ0n) is 24.2. The van der Waals surface area contributed by atoms with E-state index in [4.69, 9.17) is 10.7 Å². The van der Waals surface area contributed by atoms with Crippen LogP contribution in [0.25, 0.3) is 21.9 Å². The van der Waals surface area contributed by atoms with E-state index in [1.54, 1.807) is 6.92 Å². The minimum Gasteiger partial charge on any atom is -0.382 e. The number of carbonyl (C=O) groups is 2. The van der Waals surface area contributed by atoms with Crippen molar-refractivity contribution < 1.29 is 9.59 Å². The Labute approximate surface area is 241 Å². The number of carbonyl (C=O) groups excluding carboxylic acids is 2. The summed E-state index contributed by atoms with van der Waals surface area (Å²) in [5.41, 5.74) is 10.1. The summed E-state index contributed by atoms with van der Waals surface area (Å²) < 4.78 is 2.30. The van der Waals surface area contributed by atoms with Crippen LogP contribution < -0.4 is 5.73 Å². The van der Waals surface area contributed by atoms with Crippen molar-refractivity contribution in [1.82, 2.24) is 29.2 Å². The Balaban J connectivity index is 1.35. The number of imidazole rings is 1. The molecule has 3 heterocycles. The number of unbranched alkanes of at least 4 members (excludes halogenated alkanes) is 1. The summed E-state index contributed by atoms with van der Waals surface area (Å²) in [6.45, 7) is 8.77. The molecule has 1 aliphatic rings. The number of fused-ring (bicyclic) bond motifs is 3. The molecule has 0 aliphatic carbocycles. The lowest BCUT2D eigenvalue weighted by atomic mass is 10.1. The Hall–Kier alpha value is -3.98. The predicted molar refractivity (Wildman–Crippen MR) is 162 cm³/mol. The molecule has 9 heteroatoms. The van der Waals surface area contributed by atoms with Crippen LogP contribution in [0.3, 0.4) is 0 Å². The molecule has 1 fully saturated rings. The number of nitrogens with zero attached hydrogens (tertiary/aromatic N) is 6. The summed E-state index contributed by atoms with van der Waals surface area (Å²) in [5, 5.41) is 1.05. The van der Waals surface area contributed by atoms with Crippen molar-refractivity contribution in [3.05, 3.63) is 66.0 Å². The van der Waals surface area contributed by atoms with E-state index in [0.717, 1.165) is 65.6 Å². The first kappa shape index (κ1) is 28.5. The molecule has 4 aromatic rings. The molecule has 2 N–H and O–H groups in total. The monoisotopic (exact) mass is 554 g/mol. The number of aryl methyl sites for hydroxylation is 2. The Kier molecular flexibility index (Phi) is 9.14. The molecule has 5 rings (SSSR count). The third kappa shape index (κ3) is 6.68. The molecule has 2 aromatic carbocycles. The second-order valence-electron chi connectivity index (χ2n) is 10.9. The molecule has 215 valence electrons. The van der Waals surface area contributed by atoms with Gasteiger partial charge < -0.3 is 20.1 Å². The molecule has 9 nitrogen and oxygen atoms in total. The van der Waals surface area contributed by atoms with E-state index in [1.807, 2.05) is 52.3 Å². The molecular formula is C32H40N7O2. The van der Waals surface area contributed by atoms with Gasteiger partial charge in [-0.1, -0.05) is 49.7 Å². The number of rotatable bonds is 11. The first-order valence-electron chi connectivity index (χ1n) is 14.7. The van der Waals surface area contributed by atoms with Gasteiger partial charge in [-0.25, -0.2) is 9.97 Å². The lowest BCUT2D eigenvalue weighted by Gasteiger charge is -2.35. The number of para-hydroxylation sites is 1. The largest absolute Gasteiger partial charge is 0.382 e. The van der Waals surface area contributed by atoms with Crippen LogP contribution in [0.15, 0.2) is 48.5 Å². The van der Waals surface area contributed by atoms with Gasteiger partial charge in [-0.3, -0.25) is 14.5 Å². The van der Waals surface area contributed by atoms with Gasteiger partial charge in [0, 0.05) is 64.5 Å². The van der Waals surface area contributed by atoms with Gasteiger partial charge in [-0.05, 0) is 36.6 Å². The average molecular weight is 555 g/mol. The minimum absolute atomic E-state index is 0.0913. The normalized spacial score (nSPS) is 14.1. The first-order chi connectivity index (χ1) is 19.9. The Morgan fingerprint density at radius 3 is 2.59 bits per heavy atom. The van der Waals surface area contributed by atoms with Crippen LogP contribution in [0.2, 0.25) is 0 Å². The fourth-order valence-corrected chi connectivity index (χ4v) is 5.64. The van der Waals surface area contributed by atoms with Crippen LogP contribution >= 0.6 is 0 Å². The van der Waals surface area contributed by atoms with Crippen LogP contribution in [0.5, 0.6) is 0 Å². The molecule has 0 spiro atoms. The van der Waals surface area contributed by atoms with Gasteiger partial charge in [0.25, 0.3) is 0 Å². The zero-order valence-corrected chi connectivity index (χ0v) is 24.2. The predicted octanol–water partition coefficient (Wildman–Crippen LogP) is 3.89. The van der Waals surface area contributed by atoms with Crippen molar-refractivity contribution >= 4 is 39.6 Å². The van der Waals surface area contributed by atoms with Gasteiger partial charge in [0.05, 0.1) is 17.6 Å². The fourth-order valence-electron chi connectivity index (χ4n) is 5.64. The molecule has 2 amide bonds. The molecule has 2 aromatic heterocycles. The average Bonchev–Trinajstić information content (AvgIpc) is 3.35. The molecule has 1 aliphatic heterocycles. The molecular weight excluding hydrogens is 514 g/mol. The molecule has 0 bridgehead atoms. The number of nitrogens with two attached hydrogens (primary N) is 1. The van der Waals surface area contributed by atoms with E-state index in [2.05, 4.69) is 33.5 Å². The molecule has 0 unspecified atom stereocenters. The molecule has 1 radical (unpaired) electrons. The summed E-state index contributed by atoms with van der Waals surface area (Å²) in [4.78, 5) is 40.8. The van der Waals surface area contributed by atoms with Crippen molar-refractivity contribution in [3.8, 4) is 0 Å². The van der Waals surface area contributed by atoms with E-state index in [-0.39, 0.29) is 11.8 Å². The molecule has 0 atom stereocenters. The van der Waals surface area contributed by atoms with Gasteiger partial charge in [-0.15, -0.1) is 0 Å². The molecule has 0 saturated carbocycles. The standard InChI is InChI=1S/C32H40N7O2/c1-3-4-15-28-35-30-31(26-13-8-9-14-27(26)34-32(30)33)39(28)17-10-16-38(22-25-11-6-5-7-12-25)29(41)23-36-18-20-37(21-19-36)24(2)40/h5-6,8-9,11-14H,3-4,10,15-23H2,1-2H3,(H2,33,34). The van der Waals surface area contributed by atoms with Crippen LogP contribution in [0.4, 0.5) is 5.82 Å². The van der Waals surface area contributed by atoms with E-state index in [1.165, 1.54) is 0 Å². The van der Waals surface area contributed by atoms with Crippen molar-refractivity contribution in [1.29, 1.82) is 0 Å². The number of aromatic nitrogens is 3. The van der Waals surface area contributed by atoms with Gasteiger partial charge in [0.15, 0.2) is 5.82 Å². The highest BCUT2D eigenvalue weighted by Crippen LogP contribution is 2.29. The van der Waals surface area contributed by atoms with Crippen LogP contribution in [0.1, 0.15) is 44.5 Å². The van der Waals surface area contributed by atoms with Crippen molar-refractivity contribution in [2.75, 3.05) is 45.0 Å². The topological polar surface area (TPSA) is 101 Å². The van der Waals surface area contributed by atoms with Gasteiger partial charge in [-0.2, -0.15) is 0 Å². The third-order valence-electron chi connectivity index (χ3n) is 7.93. The fraction of sp³-hybridized carbons (Fsp3) is 0.438. The highest BCUT2D eigenvalue weighted by molar-refractivity contribution is 6.06. The zero-order chi connectivity index (χ0) is 28.8. The van der Waals surface area contributed by atoms with E-state index < -0.39 is 0 Å². The maximum Gasteiger partial charge on any atom is 0.237 e. The van der Waals surface area contributed by atoms with Crippen LogP contribution in [-0.2, 0) is 29.1 Å². The number of nitrogen functional groups attached to an aromatic ring is 1. The minimum atomic E-state index is 0.0913. The highest BCUT2D eigenvalue weighted by atomic mass is 16.2. The summed E-state index contributed by atoms with van der Waals surface area (Å²) in [7, 11) is 0. The number of hydrogen-bond donors (Lipinski definition) is 1. The maximum absolute atomic E-state index is 13.6. The second kappa shape index (κ2) is 13.1. The highest BCUT2D eigenvalue weighted by Gasteiger charge is 2.23. The van der Waals surface area contributed by atoms with Gasteiger partial charge in [0.2, 0.25) is 11.8 Å². The number of benzene rings is 2. The van der Waals surface area contributed by atoms with Crippen molar-refractivity contribution in [2.45, 2.75) is 52.6 Å². The van der Waals surface area contributed by atoms with E-state index in [9.17, 15) is 9.59 Å². The summed E-state index contributed by atoms with van der Waals surface area (Å²) in [5.74, 6) is 1.67. The molecule has 1 saturated heterocycles. The lowest BCUT2D eigenvalue weighted by Crippen LogP contribution is -2.51. The van der Waals surface area contributed by atoms with Gasteiger partial charge in [0.1, 0.15) is 11.3 Å². The SMILES string of the molecule is CCCCc1nc2c(N)nc3ccccc3c2n1CCCN(Cc1c[c]ccc1)C(=O)CN1CCN(C(C)=O)CC1. The molecule has 41 heavy (non-hydrogen) atoms. The Bertz CT molecular complexity index is 1490. The smallest absolute Gasteiger partial charge is 0.237 e. The quantitative estimate of drug-likeness (QED) is 0.302. The Morgan fingerprint density at radius 1 is 1.05 bits per heavy atom. The summed E-state index contributed by atoms with van der Waals surface area (Å²) in [6.07, 6.45) is 3.77. The van der Waals surface area contributed by atoms with Crippen molar-refractivity contribution in [3.63, 3.8) is 0 Å². The summed E-state index contributed by atoms with van der Waals surface area (Å²) in [6, 6.07) is 19.0. The first-order valence-corrected chi connectivity index (χ1v) is 14.7. The van der Waals surface area contributed by atoms with Crippen LogP contribution in [-0.4, -0.2) is 80.3 Å². The number of anilines is 1. The van der Waals surface area contributed by atoms with E-state index >= 15 is 0 Å². The number of pyridine rings is 1. The Morgan fingerprint density at radius 2 is 1.85 bits per heavy atom. The van der Waals surface area contributed by atoms with E-state index in [0.29, 0.717) is 51.6 Å². The third-order valence-corrected chi connectivity index (χ3v) is 7.93. The maximum atomic E-state index is 13.6. The number of amides is 2. The second-order valence-corrected chi connectivity index (χ2v) is 10.9. The number of piperazine rings is 1. The number of hydrogen-bond acceptors (Lipinski definition) is 6. The summed E-state index contributed by atoms with van der Waals surface area (Å²) >= 11 is 0.